The summed E-state index contributed by atoms with van der Waals surface area (Å²) in [6, 6.07) is 9.90. The van der Waals surface area contributed by atoms with E-state index in [1.807, 2.05) is 0 Å². The fraction of sp³-hybridized carbons (Fsp3) is 0.333. The molecule has 0 radical (unpaired) electrons. The topological polar surface area (TPSA) is 104 Å². The van der Waals surface area contributed by atoms with E-state index < -0.39 is 11.7 Å². The molecule has 1 saturated heterocycles. The van der Waals surface area contributed by atoms with Gasteiger partial charge in [0.25, 0.3) is 5.91 Å². The summed E-state index contributed by atoms with van der Waals surface area (Å²) >= 11 is 0. The number of benzene rings is 1. The Morgan fingerprint density at radius 1 is 1.13 bits per heavy atom. The van der Waals surface area contributed by atoms with E-state index in [0.717, 1.165) is 42.7 Å². The van der Waals surface area contributed by atoms with Gasteiger partial charge in [0.2, 0.25) is 5.91 Å². The molecule has 1 unspecified atom stereocenters. The second-order valence-electron chi connectivity index (χ2n) is 9.34. The van der Waals surface area contributed by atoms with Gasteiger partial charge in [0.05, 0.1) is 29.1 Å². The SMILES string of the molecule is O=C(CCCc1ccc(C(F)(F)F)cc1)Nc1cc(C2CCCCN2C(=O)c2cnc3ccoc3c2)[nH]n1. The van der Waals surface area contributed by atoms with E-state index in [9.17, 15) is 22.8 Å². The molecule has 4 aromatic rings. The van der Waals surface area contributed by atoms with Crippen molar-refractivity contribution < 1.29 is 27.2 Å². The van der Waals surface area contributed by atoms with Gasteiger partial charge in [-0.2, -0.15) is 18.3 Å². The van der Waals surface area contributed by atoms with Crippen LogP contribution >= 0.6 is 0 Å². The van der Waals surface area contributed by atoms with Crippen LogP contribution < -0.4 is 5.32 Å². The molecule has 1 aromatic carbocycles. The molecule has 0 spiro atoms. The van der Waals surface area contributed by atoms with Crippen LogP contribution in [-0.4, -0.2) is 38.4 Å². The van der Waals surface area contributed by atoms with Crippen molar-refractivity contribution >= 4 is 28.7 Å². The zero-order valence-electron chi connectivity index (χ0n) is 20.4. The van der Waals surface area contributed by atoms with E-state index in [1.165, 1.54) is 18.4 Å². The van der Waals surface area contributed by atoms with E-state index >= 15 is 0 Å². The van der Waals surface area contributed by atoms with Crippen molar-refractivity contribution in [2.75, 3.05) is 11.9 Å². The fourth-order valence-electron chi connectivity index (χ4n) is 4.72. The Bertz CT molecular complexity index is 1430. The maximum absolute atomic E-state index is 13.3. The molecule has 0 bridgehead atoms. The van der Waals surface area contributed by atoms with Gasteiger partial charge in [-0.3, -0.25) is 19.7 Å². The lowest BCUT2D eigenvalue weighted by Crippen LogP contribution is -2.38. The predicted molar refractivity (Wildman–Crippen MR) is 133 cm³/mol. The zero-order valence-corrected chi connectivity index (χ0v) is 20.4. The third-order valence-corrected chi connectivity index (χ3v) is 6.69. The number of carbonyl (C=O) groups is 2. The predicted octanol–water partition coefficient (Wildman–Crippen LogP) is 5.90. The second-order valence-corrected chi connectivity index (χ2v) is 9.34. The molecule has 11 heteroatoms. The highest BCUT2D eigenvalue weighted by atomic mass is 19.4. The van der Waals surface area contributed by atoms with Gasteiger partial charge in [0.15, 0.2) is 11.4 Å². The van der Waals surface area contributed by atoms with Crippen molar-refractivity contribution in [1.29, 1.82) is 0 Å². The summed E-state index contributed by atoms with van der Waals surface area (Å²) < 4.78 is 43.5. The van der Waals surface area contributed by atoms with Crippen molar-refractivity contribution in [3.8, 4) is 0 Å². The normalized spacial score (nSPS) is 16.1. The van der Waals surface area contributed by atoms with Crippen molar-refractivity contribution in [2.24, 2.45) is 0 Å². The number of halogens is 3. The maximum atomic E-state index is 13.3. The van der Waals surface area contributed by atoms with Crippen LogP contribution in [0.1, 0.15) is 65.3 Å². The van der Waals surface area contributed by atoms with Crippen LogP contribution in [0.25, 0.3) is 11.1 Å². The van der Waals surface area contributed by atoms with Crippen molar-refractivity contribution in [3.05, 3.63) is 77.3 Å². The van der Waals surface area contributed by atoms with Gasteiger partial charge in [0, 0.05) is 31.3 Å². The maximum Gasteiger partial charge on any atom is 0.416 e. The van der Waals surface area contributed by atoms with Crippen molar-refractivity contribution in [2.45, 2.75) is 50.7 Å². The van der Waals surface area contributed by atoms with E-state index in [0.29, 0.717) is 41.9 Å². The molecule has 5 rings (SSSR count). The molecule has 4 heterocycles. The molecule has 2 N–H and O–H groups in total. The number of likely N-dealkylation sites (tertiary alicyclic amines) is 1. The van der Waals surface area contributed by atoms with Gasteiger partial charge < -0.3 is 14.6 Å². The average molecular weight is 526 g/mol. The van der Waals surface area contributed by atoms with Gasteiger partial charge in [0.1, 0.15) is 5.52 Å². The Morgan fingerprint density at radius 2 is 1.95 bits per heavy atom. The third kappa shape index (κ3) is 5.71. The number of alkyl halides is 3. The van der Waals surface area contributed by atoms with Gasteiger partial charge in [-0.15, -0.1) is 0 Å². The Hall–Kier alpha value is -4.15. The largest absolute Gasteiger partial charge is 0.463 e. The van der Waals surface area contributed by atoms with Crippen molar-refractivity contribution in [1.82, 2.24) is 20.1 Å². The lowest BCUT2D eigenvalue weighted by Gasteiger charge is -2.35. The summed E-state index contributed by atoms with van der Waals surface area (Å²) in [6.07, 6.45) is 2.46. The first-order chi connectivity index (χ1) is 18.3. The average Bonchev–Trinajstić information content (AvgIpc) is 3.57. The Balaban J connectivity index is 1.17. The number of rotatable bonds is 7. The van der Waals surface area contributed by atoms with Crippen molar-refractivity contribution in [3.63, 3.8) is 0 Å². The molecule has 3 aromatic heterocycles. The van der Waals surface area contributed by atoms with Crippen LogP contribution in [0.4, 0.5) is 19.0 Å². The number of fused-ring (bicyclic) bond motifs is 1. The number of H-pyrrole nitrogens is 1. The third-order valence-electron chi connectivity index (χ3n) is 6.69. The standard InChI is InChI=1S/C27H26F3N5O3/c28-27(29,30)19-9-7-17(8-10-19)4-3-6-25(36)32-24-15-21(33-34-24)22-5-1-2-12-35(22)26(37)18-14-23-20(31-16-18)11-13-38-23/h7-11,13-16,22H,1-6,12H2,(H2,32,33,34,36). The highest BCUT2D eigenvalue weighted by molar-refractivity contribution is 5.96. The van der Waals surface area contributed by atoms with E-state index in [4.69, 9.17) is 4.42 Å². The first kappa shape index (κ1) is 25.5. The second kappa shape index (κ2) is 10.7. The van der Waals surface area contributed by atoms with Gasteiger partial charge in [-0.1, -0.05) is 12.1 Å². The number of aromatic amines is 1. The summed E-state index contributed by atoms with van der Waals surface area (Å²) in [4.78, 5) is 31.8. The minimum atomic E-state index is -4.37. The number of anilines is 1. The monoisotopic (exact) mass is 525 g/mol. The number of pyridine rings is 1. The molecule has 1 atom stereocenters. The molecular weight excluding hydrogens is 499 g/mol. The molecule has 2 amide bonds. The number of amides is 2. The summed E-state index contributed by atoms with van der Waals surface area (Å²) in [5.74, 6) is -0.0375. The Kier molecular flexibility index (Phi) is 7.17. The lowest BCUT2D eigenvalue weighted by atomic mass is 9.98. The van der Waals surface area contributed by atoms with Gasteiger partial charge in [-0.05, 0) is 55.9 Å². The number of hydrogen-bond acceptors (Lipinski definition) is 5. The molecule has 1 aliphatic heterocycles. The minimum Gasteiger partial charge on any atom is -0.463 e. The highest BCUT2D eigenvalue weighted by Gasteiger charge is 2.31. The Labute approximate surface area is 216 Å². The number of nitrogens with zero attached hydrogens (tertiary/aromatic N) is 3. The smallest absolute Gasteiger partial charge is 0.416 e. The number of aromatic nitrogens is 3. The number of nitrogens with one attached hydrogen (secondary N) is 2. The van der Waals surface area contributed by atoms with Crippen LogP contribution in [-0.2, 0) is 17.4 Å². The first-order valence-electron chi connectivity index (χ1n) is 12.4. The number of furan rings is 1. The summed E-state index contributed by atoms with van der Waals surface area (Å²) in [5.41, 5.74) is 2.45. The number of piperidine rings is 1. The highest BCUT2D eigenvalue weighted by Crippen LogP contribution is 2.33. The summed E-state index contributed by atoms with van der Waals surface area (Å²) in [5, 5.41) is 9.91. The first-order valence-corrected chi connectivity index (χ1v) is 12.4. The zero-order chi connectivity index (χ0) is 26.7. The van der Waals surface area contributed by atoms with Gasteiger partial charge in [-0.25, -0.2) is 0 Å². The molecule has 1 fully saturated rings. The number of aryl methyl sites for hydroxylation is 1. The molecule has 0 saturated carbocycles. The molecule has 8 nitrogen and oxygen atoms in total. The molecule has 1 aliphatic rings. The quantitative estimate of drug-likeness (QED) is 0.313. The Morgan fingerprint density at radius 3 is 2.74 bits per heavy atom. The van der Waals surface area contributed by atoms with E-state index in [-0.39, 0.29) is 24.3 Å². The summed E-state index contributed by atoms with van der Waals surface area (Å²) in [7, 11) is 0. The lowest BCUT2D eigenvalue weighted by molar-refractivity contribution is -0.137. The molecule has 38 heavy (non-hydrogen) atoms. The molecular formula is C27H26F3N5O3. The minimum absolute atomic E-state index is 0.149. The summed E-state index contributed by atoms with van der Waals surface area (Å²) in [6.45, 7) is 0.588. The van der Waals surface area contributed by atoms with Crippen LogP contribution in [0.2, 0.25) is 0 Å². The van der Waals surface area contributed by atoms with Crippen LogP contribution in [0, 0.1) is 0 Å². The fourth-order valence-corrected chi connectivity index (χ4v) is 4.72. The van der Waals surface area contributed by atoms with E-state index in [2.05, 4.69) is 20.5 Å². The number of carbonyl (C=O) groups excluding carboxylic acids is 2. The molecule has 0 aliphatic carbocycles. The van der Waals surface area contributed by atoms with E-state index in [1.54, 1.807) is 29.3 Å². The number of hydrogen-bond donors (Lipinski definition) is 2. The molecule has 198 valence electrons. The van der Waals surface area contributed by atoms with Crippen LogP contribution in [0.15, 0.2) is 59.3 Å². The van der Waals surface area contributed by atoms with Gasteiger partial charge >= 0.3 is 6.18 Å². The van der Waals surface area contributed by atoms with Crippen LogP contribution in [0.3, 0.4) is 0 Å². The van der Waals surface area contributed by atoms with Crippen LogP contribution in [0.5, 0.6) is 0 Å².